The van der Waals surface area contributed by atoms with Gasteiger partial charge in [0.05, 0.1) is 11.3 Å². The van der Waals surface area contributed by atoms with Crippen LogP contribution >= 0.6 is 0 Å². The van der Waals surface area contributed by atoms with Gasteiger partial charge in [-0.25, -0.2) is 9.78 Å². The largest absolute Gasteiger partial charge is 0.619 e. The van der Waals surface area contributed by atoms with E-state index in [1.165, 1.54) is 23.3 Å². The monoisotopic (exact) mass is 302 g/mol. The molecule has 1 aliphatic rings. The van der Waals surface area contributed by atoms with Crippen LogP contribution in [0.2, 0.25) is 0 Å². The Hall–Kier alpha value is -2.41. The number of pyridine rings is 1. The summed E-state index contributed by atoms with van der Waals surface area (Å²) >= 11 is 0. The van der Waals surface area contributed by atoms with Gasteiger partial charge in [0.25, 0.3) is 0 Å². The molecule has 0 unspecified atom stereocenters. The Morgan fingerprint density at radius 3 is 3.00 bits per heavy atom. The molecule has 3 rings (SSSR count). The van der Waals surface area contributed by atoms with Gasteiger partial charge in [-0.1, -0.05) is 0 Å². The van der Waals surface area contributed by atoms with E-state index in [1.54, 1.807) is 30.3 Å². The maximum atomic E-state index is 12.5. The molecule has 0 aromatic carbocycles. The number of hydrogen-bond donors (Lipinski definition) is 0. The molecule has 116 valence electrons. The summed E-state index contributed by atoms with van der Waals surface area (Å²) in [5.74, 6) is 0. The Bertz CT molecular complexity index is 664. The average molecular weight is 302 g/mol. The number of imidazole rings is 1. The van der Waals surface area contributed by atoms with Crippen LogP contribution < -0.4 is 4.73 Å². The summed E-state index contributed by atoms with van der Waals surface area (Å²) in [6.45, 7) is 1.37. The second-order valence-electron chi connectivity index (χ2n) is 5.36. The van der Waals surface area contributed by atoms with Crippen LogP contribution in [0.1, 0.15) is 12.8 Å². The Kier molecular flexibility index (Phi) is 4.06. The van der Waals surface area contributed by atoms with E-state index in [1.807, 2.05) is 0 Å². The first-order valence-corrected chi connectivity index (χ1v) is 7.23. The zero-order chi connectivity index (χ0) is 15.5. The lowest BCUT2D eigenvalue weighted by molar-refractivity contribution is -0.604. The van der Waals surface area contributed by atoms with Crippen LogP contribution in [0.25, 0.3) is 11.3 Å². The topological polar surface area (TPSA) is 74.3 Å². The first kappa shape index (κ1) is 14.5. The highest BCUT2D eigenvalue weighted by molar-refractivity contribution is 5.78. The molecule has 1 amide bonds. The van der Waals surface area contributed by atoms with Crippen molar-refractivity contribution in [2.45, 2.75) is 18.9 Å². The summed E-state index contributed by atoms with van der Waals surface area (Å²) in [7, 11) is 1.80. The molecule has 2 aromatic rings. The zero-order valence-corrected chi connectivity index (χ0v) is 12.4. The number of aromatic nitrogens is 3. The van der Waals surface area contributed by atoms with Gasteiger partial charge < -0.3 is 14.8 Å². The Morgan fingerprint density at radius 1 is 1.50 bits per heavy atom. The van der Waals surface area contributed by atoms with Crippen LogP contribution in [-0.4, -0.2) is 46.8 Å². The Morgan fingerprint density at radius 2 is 2.27 bits per heavy atom. The van der Waals surface area contributed by atoms with Crippen LogP contribution in [0.5, 0.6) is 0 Å². The Labute approximate surface area is 128 Å². The van der Waals surface area contributed by atoms with Crippen molar-refractivity contribution >= 4 is 6.03 Å². The molecule has 3 heterocycles. The normalized spacial score (nSPS) is 15.7. The van der Waals surface area contributed by atoms with Gasteiger partial charge in [-0.3, -0.25) is 4.57 Å². The number of hydrogen-bond acceptors (Lipinski definition) is 4. The van der Waals surface area contributed by atoms with E-state index in [-0.39, 0.29) is 12.1 Å². The fraction of sp³-hybridized carbons (Fsp3) is 0.400. The molecule has 0 radical (unpaired) electrons. The van der Waals surface area contributed by atoms with Crippen molar-refractivity contribution in [3.63, 3.8) is 0 Å². The molecule has 0 spiro atoms. The third-order valence-electron chi connectivity index (χ3n) is 3.91. The summed E-state index contributed by atoms with van der Waals surface area (Å²) in [5, 5.41) is 11.3. The van der Waals surface area contributed by atoms with Crippen LogP contribution in [0, 0.1) is 5.21 Å². The van der Waals surface area contributed by atoms with E-state index < -0.39 is 0 Å². The lowest BCUT2D eigenvalue weighted by atomic mass is 10.1. The lowest BCUT2D eigenvalue weighted by Gasteiger charge is -2.30. The fourth-order valence-corrected chi connectivity index (χ4v) is 2.59. The number of carbonyl (C=O) groups excluding carboxylic acids is 1. The van der Waals surface area contributed by atoms with Gasteiger partial charge in [0.1, 0.15) is 6.33 Å². The van der Waals surface area contributed by atoms with Crippen molar-refractivity contribution in [3.05, 3.63) is 42.3 Å². The number of ether oxygens (including phenoxy) is 1. The van der Waals surface area contributed by atoms with Gasteiger partial charge in [0.2, 0.25) is 0 Å². The molecule has 0 atom stereocenters. The molecular formula is C15H18N4O3. The van der Waals surface area contributed by atoms with Crippen LogP contribution in [-0.2, 0) is 4.74 Å². The van der Waals surface area contributed by atoms with Gasteiger partial charge in [-0.2, -0.15) is 4.73 Å². The molecule has 1 saturated heterocycles. The molecule has 22 heavy (non-hydrogen) atoms. The molecule has 7 nitrogen and oxygen atoms in total. The van der Waals surface area contributed by atoms with Crippen LogP contribution in [0.3, 0.4) is 0 Å². The number of nitrogens with zero attached hydrogens (tertiary/aromatic N) is 4. The standard InChI is InChI=1S/C15H18N4O3/c1-17(13-4-7-22-8-5-13)15(20)18-10-14(16-11-18)12-3-2-6-19(21)9-12/h2-3,6,9-11,13H,4-5,7-8H2,1H3. The molecule has 0 saturated carbocycles. The molecule has 0 bridgehead atoms. The van der Waals surface area contributed by atoms with Crippen LogP contribution in [0.15, 0.2) is 37.1 Å². The predicted octanol–water partition coefficient (Wildman–Crippen LogP) is 1.26. The third kappa shape index (κ3) is 2.94. The number of amides is 1. The van der Waals surface area contributed by atoms with Crippen molar-refractivity contribution in [1.29, 1.82) is 0 Å². The van der Waals surface area contributed by atoms with Gasteiger partial charge in [0.15, 0.2) is 12.4 Å². The minimum Gasteiger partial charge on any atom is -0.619 e. The zero-order valence-electron chi connectivity index (χ0n) is 12.4. The SMILES string of the molecule is CN(C(=O)n1cnc(-c2ccc[n+]([O-])c2)c1)C1CCOCC1. The second-order valence-corrected chi connectivity index (χ2v) is 5.36. The van der Waals surface area contributed by atoms with E-state index in [9.17, 15) is 10.0 Å². The molecule has 0 N–H and O–H groups in total. The van der Waals surface area contributed by atoms with Crippen molar-refractivity contribution < 1.29 is 14.3 Å². The fourth-order valence-electron chi connectivity index (χ4n) is 2.59. The van der Waals surface area contributed by atoms with E-state index in [4.69, 9.17) is 4.74 Å². The second kappa shape index (κ2) is 6.15. The molecular weight excluding hydrogens is 284 g/mol. The third-order valence-corrected chi connectivity index (χ3v) is 3.91. The first-order chi connectivity index (χ1) is 10.6. The first-order valence-electron chi connectivity index (χ1n) is 7.23. The summed E-state index contributed by atoms with van der Waals surface area (Å²) in [6, 6.07) is 3.50. The van der Waals surface area contributed by atoms with E-state index in [2.05, 4.69) is 4.98 Å². The number of rotatable bonds is 2. The van der Waals surface area contributed by atoms with Gasteiger partial charge in [0, 0.05) is 38.6 Å². The van der Waals surface area contributed by atoms with Crippen LogP contribution in [0.4, 0.5) is 4.79 Å². The lowest BCUT2D eigenvalue weighted by Crippen LogP contribution is -2.42. The van der Waals surface area contributed by atoms with E-state index >= 15 is 0 Å². The van der Waals surface area contributed by atoms with Gasteiger partial charge in [-0.05, 0) is 18.9 Å². The van der Waals surface area contributed by atoms with E-state index in [0.717, 1.165) is 12.8 Å². The quantitative estimate of drug-likeness (QED) is 0.618. The minimum absolute atomic E-state index is 0.128. The molecule has 2 aromatic heterocycles. The Balaban J connectivity index is 1.76. The number of carbonyl (C=O) groups is 1. The van der Waals surface area contributed by atoms with Gasteiger partial charge in [-0.15, -0.1) is 0 Å². The summed E-state index contributed by atoms with van der Waals surface area (Å²) < 4.78 is 7.48. The summed E-state index contributed by atoms with van der Waals surface area (Å²) in [5.41, 5.74) is 1.27. The highest BCUT2D eigenvalue weighted by atomic mass is 16.5. The predicted molar refractivity (Wildman–Crippen MR) is 79.0 cm³/mol. The molecule has 1 fully saturated rings. The molecule has 1 aliphatic heterocycles. The highest BCUT2D eigenvalue weighted by Gasteiger charge is 2.23. The molecule has 0 aliphatic carbocycles. The smallest absolute Gasteiger partial charge is 0.329 e. The van der Waals surface area contributed by atoms with Crippen molar-refractivity contribution in [2.24, 2.45) is 0 Å². The van der Waals surface area contributed by atoms with Crippen molar-refractivity contribution in [3.8, 4) is 11.3 Å². The summed E-state index contributed by atoms with van der Waals surface area (Å²) in [4.78, 5) is 18.4. The van der Waals surface area contributed by atoms with Gasteiger partial charge >= 0.3 is 6.03 Å². The van der Waals surface area contributed by atoms with Crippen molar-refractivity contribution in [2.75, 3.05) is 20.3 Å². The highest BCUT2D eigenvalue weighted by Crippen LogP contribution is 2.17. The van der Waals surface area contributed by atoms with Crippen molar-refractivity contribution in [1.82, 2.24) is 14.5 Å². The average Bonchev–Trinajstić information content (AvgIpc) is 3.04. The van der Waals surface area contributed by atoms with E-state index in [0.29, 0.717) is 29.2 Å². The summed E-state index contributed by atoms with van der Waals surface area (Å²) in [6.07, 6.45) is 7.66. The maximum absolute atomic E-state index is 12.5. The molecule has 7 heteroatoms. The minimum atomic E-state index is -0.128. The maximum Gasteiger partial charge on any atom is 0.329 e.